The Hall–Kier alpha value is -1.04. The zero-order valence-electron chi connectivity index (χ0n) is 12.4. The van der Waals surface area contributed by atoms with Gasteiger partial charge in [0.25, 0.3) is 0 Å². The van der Waals surface area contributed by atoms with Gasteiger partial charge in [-0.2, -0.15) is 0 Å². The van der Waals surface area contributed by atoms with Crippen molar-refractivity contribution in [3.8, 4) is 0 Å². The third-order valence-electron chi connectivity index (χ3n) is 2.81. The molecule has 0 aliphatic carbocycles. The van der Waals surface area contributed by atoms with Gasteiger partial charge < -0.3 is 14.8 Å². The molecule has 0 bridgehead atoms. The van der Waals surface area contributed by atoms with Gasteiger partial charge in [0, 0.05) is 30.8 Å². The van der Waals surface area contributed by atoms with Crippen molar-refractivity contribution in [2.75, 3.05) is 33.1 Å². The topological polar surface area (TPSA) is 47.6 Å². The van der Waals surface area contributed by atoms with Gasteiger partial charge in [-0.1, -0.05) is 17.7 Å². The van der Waals surface area contributed by atoms with Gasteiger partial charge >= 0.3 is 5.97 Å². The summed E-state index contributed by atoms with van der Waals surface area (Å²) in [5, 5.41) is 3.35. The van der Waals surface area contributed by atoms with Crippen molar-refractivity contribution < 1.29 is 14.3 Å². The number of esters is 1. The Labute approximate surface area is 125 Å². The van der Waals surface area contributed by atoms with Gasteiger partial charge in [0.15, 0.2) is 0 Å². The summed E-state index contributed by atoms with van der Waals surface area (Å²) in [5.74, 6) is 0.574. The van der Waals surface area contributed by atoms with Crippen molar-refractivity contribution in [2.45, 2.75) is 24.8 Å². The van der Waals surface area contributed by atoms with Crippen molar-refractivity contribution in [2.24, 2.45) is 0 Å². The van der Waals surface area contributed by atoms with Crippen LogP contribution in [0.15, 0.2) is 23.1 Å². The maximum absolute atomic E-state index is 11.1. The van der Waals surface area contributed by atoms with E-state index < -0.39 is 0 Å². The van der Waals surface area contributed by atoms with Crippen LogP contribution in [0.25, 0.3) is 0 Å². The van der Waals surface area contributed by atoms with Crippen molar-refractivity contribution in [1.82, 2.24) is 5.32 Å². The van der Waals surface area contributed by atoms with Crippen molar-refractivity contribution >= 4 is 17.7 Å². The standard InChI is InChI=1S/C15H23NO3S/c1-12-4-5-14(20-9-6-15(17)19-3)13(10-12)11-16-7-8-18-2/h4-5,10,16H,6-9,11H2,1-3H3. The number of ether oxygens (including phenoxy) is 2. The van der Waals surface area contributed by atoms with Gasteiger partial charge in [-0.05, 0) is 18.6 Å². The van der Waals surface area contributed by atoms with Crippen LogP contribution in [0.1, 0.15) is 17.5 Å². The number of benzene rings is 1. The number of rotatable bonds is 9. The third kappa shape index (κ3) is 6.41. The van der Waals surface area contributed by atoms with E-state index in [1.54, 1.807) is 18.9 Å². The Morgan fingerprint density at radius 2 is 2.15 bits per heavy atom. The molecule has 20 heavy (non-hydrogen) atoms. The quantitative estimate of drug-likeness (QED) is 0.431. The first-order chi connectivity index (χ1) is 9.67. The van der Waals surface area contributed by atoms with E-state index in [2.05, 4.69) is 35.2 Å². The molecule has 0 aliphatic rings. The summed E-state index contributed by atoms with van der Waals surface area (Å²) in [4.78, 5) is 12.3. The Kier molecular flexibility index (Phi) is 8.34. The normalized spacial score (nSPS) is 10.6. The predicted molar refractivity (Wildman–Crippen MR) is 82.1 cm³/mol. The molecule has 5 heteroatoms. The van der Waals surface area contributed by atoms with Gasteiger partial charge in [0.2, 0.25) is 0 Å². The van der Waals surface area contributed by atoms with Crippen LogP contribution in [-0.2, 0) is 20.8 Å². The van der Waals surface area contributed by atoms with Crippen molar-refractivity contribution in [3.63, 3.8) is 0 Å². The zero-order valence-corrected chi connectivity index (χ0v) is 13.2. The summed E-state index contributed by atoms with van der Waals surface area (Å²) in [5.41, 5.74) is 2.50. The lowest BCUT2D eigenvalue weighted by Gasteiger charge is -2.11. The van der Waals surface area contributed by atoms with Gasteiger partial charge in [-0.15, -0.1) is 11.8 Å². The highest BCUT2D eigenvalue weighted by Gasteiger charge is 2.06. The molecular formula is C15H23NO3S. The summed E-state index contributed by atoms with van der Waals surface area (Å²) < 4.78 is 9.67. The van der Waals surface area contributed by atoms with E-state index in [1.165, 1.54) is 23.1 Å². The Morgan fingerprint density at radius 3 is 2.85 bits per heavy atom. The van der Waals surface area contributed by atoms with Crippen LogP contribution < -0.4 is 5.32 Å². The fraction of sp³-hybridized carbons (Fsp3) is 0.533. The monoisotopic (exact) mass is 297 g/mol. The van der Waals surface area contributed by atoms with Crippen molar-refractivity contribution in [3.05, 3.63) is 29.3 Å². The number of carbonyl (C=O) groups excluding carboxylic acids is 1. The molecule has 0 saturated carbocycles. The molecule has 4 nitrogen and oxygen atoms in total. The number of nitrogens with one attached hydrogen (secondary N) is 1. The maximum Gasteiger partial charge on any atom is 0.306 e. The SMILES string of the molecule is COCCNCc1cc(C)ccc1SCCC(=O)OC. The molecule has 0 aliphatic heterocycles. The lowest BCUT2D eigenvalue weighted by molar-refractivity contribution is -0.140. The van der Waals surface area contributed by atoms with E-state index in [0.29, 0.717) is 13.0 Å². The third-order valence-corrected chi connectivity index (χ3v) is 3.92. The highest BCUT2D eigenvalue weighted by atomic mass is 32.2. The second-order valence-corrected chi connectivity index (χ2v) is 5.59. The highest BCUT2D eigenvalue weighted by Crippen LogP contribution is 2.24. The number of aryl methyl sites for hydroxylation is 1. The molecule has 0 unspecified atom stereocenters. The molecule has 0 spiro atoms. The van der Waals surface area contributed by atoms with Crippen LogP contribution in [0.4, 0.5) is 0 Å². The average molecular weight is 297 g/mol. The summed E-state index contributed by atoms with van der Waals surface area (Å²) >= 11 is 1.69. The first kappa shape index (κ1) is 17.0. The molecule has 0 aromatic heterocycles. The summed E-state index contributed by atoms with van der Waals surface area (Å²) in [6.07, 6.45) is 0.436. The molecular weight excluding hydrogens is 274 g/mol. The summed E-state index contributed by atoms with van der Waals surface area (Å²) in [6, 6.07) is 6.39. The summed E-state index contributed by atoms with van der Waals surface area (Å²) in [7, 11) is 3.12. The van der Waals surface area contributed by atoms with E-state index in [9.17, 15) is 4.79 Å². The lowest BCUT2D eigenvalue weighted by atomic mass is 10.1. The van der Waals surface area contributed by atoms with E-state index in [1.807, 2.05) is 0 Å². The van der Waals surface area contributed by atoms with Gasteiger partial charge in [-0.3, -0.25) is 4.79 Å². The van der Waals surface area contributed by atoms with Crippen LogP contribution in [0.2, 0.25) is 0 Å². The van der Waals surface area contributed by atoms with Crippen LogP contribution in [0.3, 0.4) is 0 Å². The molecule has 112 valence electrons. The second-order valence-electron chi connectivity index (χ2n) is 4.46. The first-order valence-corrected chi connectivity index (χ1v) is 7.64. The Balaban J connectivity index is 2.53. The minimum atomic E-state index is -0.163. The fourth-order valence-electron chi connectivity index (χ4n) is 1.73. The molecule has 0 radical (unpaired) electrons. The molecule has 1 aromatic carbocycles. The highest BCUT2D eigenvalue weighted by molar-refractivity contribution is 7.99. The fourth-order valence-corrected chi connectivity index (χ4v) is 2.70. The zero-order chi connectivity index (χ0) is 14.8. The predicted octanol–water partition coefficient (Wildman–Crippen LogP) is 2.39. The molecule has 0 atom stereocenters. The van der Waals surface area contributed by atoms with E-state index >= 15 is 0 Å². The molecule has 1 rings (SSSR count). The minimum absolute atomic E-state index is 0.163. The van der Waals surface area contributed by atoms with Gasteiger partial charge in [0.1, 0.15) is 0 Å². The van der Waals surface area contributed by atoms with Crippen LogP contribution >= 0.6 is 11.8 Å². The Bertz CT molecular complexity index is 424. The number of methoxy groups -OCH3 is 2. The number of hydrogen-bond donors (Lipinski definition) is 1. The van der Waals surface area contributed by atoms with Crippen LogP contribution in [0.5, 0.6) is 0 Å². The molecule has 0 heterocycles. The minimum Gasteiger partial charge on any atom is -0.469 e. The molecule has 0 fully saturated rings. The molecule has 0 amide bonds. The molecule has 0 saturated heterocycles. The summed E-state index contributed by atoms with van der Waals surface area (Å²) in [6.45, 7) is 4.43. The van der Waals surface area contributed by atoms with E-state index in [0.717, 1.165) is 18.8 Å². The van der Waals surface area contributed by atoms with Gasteiger partial charge in [-0.25, -0.2) is 0 Å². The van der Waals surface area contributed by atoms with Crippen LogP contribution in [-0.4, -0.2) is 39.1 Å². The number of hydrogen-bond acceptors (Lipinski definition) is 5. The van der Waals surface area contributed by atoms with E-state index in [4.69, 9.17) is 4.74 Å². The van der Waals surface area contributed by atoms with Crippen LogP contribution in [0, 0.1) is 6.92 Å². The number of carbonyl (C=O) groups is 1. The maximum atomic E-state index is 11.1. The molecule has 1 aromatic rings. The van der Waals surface area contributed by atoms with Crippen molar-refractivity contribution in [1.29, 1.82) is 0 Å². The lowest BCUT2D eigenvalue weighted by Crippen LogP contribution is -2.19. The average Bonchev–Trinajstić information content (AvgIpc) is 2.45. The number of thioether (sulfide) groups is 1. The largest absolute Gasteiger partial charge is 0.469 e. The smallest absolute Gasteiger partial charge is 0.306 e. The molecule has 1 N–H and O–H groups in total. The van der Waals surface area contributed by atoms with Gasteiger partial charge in [0.05, 0.1) is 20.1 Å². The van der Waals surface area contributed by atoms with E-state index in [-0.39, 0.29) is 5.97 Å². The Morgan fingerprint density at radius 1 is 1.35 bits per heavy atom. The first-order valence-electron chi connectivity index (χ1n) is 6.66. The second kappa shape index (κ2) is 9.80.